The minimum absolute atomic E-state index is 0.127. The van der Waals surface area contributed by atoms with Crippen LogP contribution in [0.25, 0.3) is 0 Å². The molecule has 8 heteroatoms. The Hall–Kier alpha value is -2.87. The monoisotopic (exact) mass is 474 g/mol. The van der Waals surface area contributed by atoms with E-state index < -0.39 is 30.3 Å². The molecule has 0 radical (unpaired) electrons. The number of hydrazone groups is 1. The van der Waals surface area contributed by atoms with Crippen LogP contribution in [0.3, 0.4) is 0 Å². The Labute approximate surface area is 197 Å². The van der Waals surface area contributed by atoms with Gasteiger partial charge in [0.25, 0.3) is 11.6 Å². The molecule has 5 nitrogen and oxygen atoms in total. The van der Waals surface area contributed by atoms with Crippen LogP contribution in [0.2, 0.25) is 0 Å². The average molecular weight is 475 g/mol. The Kier molecular flexibility index (Phi) is 6.23. The van der Waals surface area contributed by atoms with Crippen molar-refractivity contribution in [1.29, 1.82) is 0 Å². The van der Waals surface area contributed by atoms with E-state index in [1.165, 1.54) is 0 Å². The second-order valence-electron chi connectivity index (χ2n) is 9.64. The van der Waals surface area contributed by atoms with Gasteiger partial charge in [0.05, 0.1) is 5.92 Å². The summed E-state index contributed by atoms with van der Waals surface area (Å²) < 4.78 is 47.4. The molecule has 1 fully saturated rings. The number of hydrogen-bond acceptors (Lipinski definition) is 4. The summed E-state index contributed by atoms with van der Waals surface area (Å²) in [5, 5.41) is 14.9. The lowest BCUT2D eigenvalue weighted by atomic mass is 9.75. The number of benzene rings is 2. The number of hydrogen-bond donors (Lipinski definition) is 1. The molecular formula is C26H29F3N2O3. The molecule has 182 valence electrons. The fourth-order valence-electron chi connectivity index (χ4n) is 4.94. The normalized spacial score (nSPS) is 25.0. The number of nitrogens with zero attached hydrogens (tertiary/aromatic N) is 2. The highest BCUT2D eigenvalue weighted by atomic mass is 19.4. The molecule has 0 unspecified atom stereocenters. The van der Waals surface area contributed by atoms with Crippen LogP contribution in [-0.4, -0.2) is 40.2 Å². The maximum Gasteiger partial charge on any atom is 0.439 e. The number of fused-ring (bicyclic) bond motifs is 1. The van der Waals surface area contributed by atoms with Gasteiger partial charge in [-0.25, -0.2) is 0 Å². The second-order valence-corrected chi connectivity index (χ2v) is 9.64. The van der Waals surface area contributed by atoms with Crippen LogP contribution in [0.4, 0.5) is 13.2 Å². The number of ether oxygens (including phenoxy) is 1. The summed E-state index contributed by atoms with van der Waals surface area (Å²) in [5.74, 6) is -2.18. The van der Waals surface area contributed by atoms with Crippen LogP contribution >= 0.6 is 0 Å². The van der Waals surface area contributed by atoms with Crippen molar-refractivity contribution in [2.24, 2.45) is 16.9 Å². The van der Waals surface area contributed by atoms with Gasteiger partial charge in [-0.1, -0.05) is 69.7 Å². The Bertz CT molecular complexity index is 1070. The third-order valence-electron chi connectivity index (χ3n) is 7.10. The van der Waals surface area contributed by atoms with E-state index >= 15 is 0 Å². The van der Waals surface area contributed by atoms with E-state index in [1.54, 1.807) is 19.1 Å². The van der Waals surface area contributed by atoms with Gasteiger partial charge in [0.15, 0.2) is 6.61 Å². The summed E-state index contributed by atoms with van der Waals surface area (Å²) in [6, 6.07) is 17.1. The van der Waals surface area contributed by atoms with Crippen molar-refractivity contribution in [3.8, 4) is 5.75 Å². The highest BCUT2D eigenvalue weighted by Crippen LogP contribution is 2.49. The van der Waals surface area contributed by atoms with Crippen LogP contribution in [0.5, 0.6) is 5.75 Å². The second kappa shape index (κ2) is 8.73. The number of amides is 1. The van der Waals surface area contributed by atoms with Crippen molar-refractivity contribution in [2.75, 3.05) is 6.61 Å². The first kappa shape index (κ1) is 24.3. The van der Waals surface area contributed by atoms with Crippen molar-refractivity contribution in [2.45, 2.75) is 57.3 Å². The Morgan fingerprint density at radius 3 is 2.32 bits per heavy atom. The maximum absolute atomic E-state index is 14.0. The Morgan fingerprint density at radius 1 is 1.09 bits per heavy atom. The van der Waals surface area contributed by atoms with Gasteiger partial charge in [-0.3, -0.25) is 4.79 Å². The van der Waals surface area contributed by atoms with Gasteiger partial charge in [-0.2, -0.15) is 23.3 Å². The lowest BCUT2D eigenvalue weighted by molar-refractivity contribution is -0.317. The van der Waals surface area contributed by atoms with E-state index in [2.05, 4.69) is 18.9 Å². The van der Waals surface area contributed by atoms with Crippen LogP contribution in [0.1, 0.15) is 51.2 Å². The molecule has 1 saturated carbocycles. The third-order valence-corrected chi connectivity index (χ3v) is 7.10. The molecule has 0 saturated heterocycles. The fourth-order valence-corrected chi connectivity index (χ4v) is 4.94. The van der Waals surface area contributed by atoms with Crippen molar-refractivity contribution in [3.63, 3.8) is 0 Å². The minimum atomic E-state index is -5.04. The molecule has 1 amide bonds. The zero-order chi connectivity index (χ0) is 24.7. The smallest absolute Gasteiger partial charge is 0.439 e. The highest BCUT2D eigenvalue weighted by molar-refractivity contribution is 5.95. The Balaban J connectivity index is 1.49. The lowest BCUT2D eigenvalue weighted by Gasteiger charge is -2.38. The standard InChI is InChI=1S/C26H29F3N2O3/c1-17-8-7-11-21-23(17)30-31(25(21,33)26(27,28)29)22(32)16-34-20-14-12-19(13-15-20)24(2,3)18-9-5-4-6-10-18/h4-6,9-10,12-15,17,21,33H,7-8,11,16H2,1-3H3/t17-,21-,25-/m1/s1. The maximum atomic E-state index is 14.0. The molecule has 34 heavy (non-hydrogen) atoms. The van der Waals surface area contributed by atoms with E-state index in [1.807, 2.05) is 42.5 Å². The molecule has 1 N–H and O–H groups in total. The van der Waals surface area contributed by atoms with Gasteiger partial charge in [0.2, 0.25) is 0 Å². The Morgan fingerprint density at radius 2 is 1.71 bits per heavy atom. The zero-order valence-corrected chi connectivity index (χ0v) is 19.5. The van der Waals surface area contributed by atoms with Crippen LogP contribution in [-0.2, 0) is 10.2 Å². The number of halogens is 3. The first-order valence-electron chi connectivity index (χ1n) is 11.5. The molecule has 2 aromatic carbocycles. The van der Waals surface area contributed by atoms with Gasteiger partial charge in [0.1, 0.15) is 5.75 Å². The minimum Gasteiger partial charge on any atom is -0.484 e. The van der Waals surface area contributed by atoms with Gasteiger partial charge in [0, 0.05) is 11.1 Å². The number of carbonyl (C=O) groups is 1. The molecule has 4 rings (SSSR count). The van der Waals surface area contributed by atoms with E-state index in [9.17, 15) is 23.1 Å². The van der Waals surface area contributed by atoms with Crippen LogP contribution in [0.15, 0.2) is 59.7 Å². The summed E-state index contributed by atoms with van der Waals surface area (Å²) in [6.07, 6.45) is -3.70. The van der Waals surface area contributed by atoms with Crippen LogP contribution in [0, 0.1) is 11.8 Å². The SMILES string of the molecule is C[C@@H]1CCC[C@@H]2C1=NN(C(=O)COc1ccc(C(C)(C)c3ccccc3)cc1)[C@]2(O)C(F)(F)F. The summed E-state index contributed by atoms with van der Waals surface area (Å²) in [4.78, 5) is 12.8. The summed E-state index contributed by atoms with van der Waals surface area (Å²) >= 11 is 0. The van der Waals surface area contributed by atoms with E-state index in [4.69, 9.17) is 4.74 Å². The highest BCUT2D eigenvalue weighted by Gasteiger charge is 2.69. The van der Waals surface area contributed by atoms with Crippen molar-refractivity contribution < 1.29 is 27.8 Å². The molecule has 2 aromatic rings. The number of aliphatic hydroxyl groups is 1. The number of alkyl halides is 3. The zero-order valence-electron chi connectivity index (χ0n) is 19.5. The van der Waals surface area contributed by atoms with Gasteiger partial charge in [-0.15, -0.1) is 0 Å². The van der Waals surface area contributed by atoms with E-state index in [0.29, 0.717) is 18.6 Å². The molecule has 0 aromatic heterocycles. The number of rotatable bonds is 5. The van der Waals surface area contributed by atoms with Crippen molar-refractivity contribution >= 4 is 11.6 Å². The molecule has 1 heterocycles. The molecule has 1 aliphatic heterocycles. The summed E-state index contributed by atoms with van der Waals surface area (Å²) in [7, 11) is 0. The van der Waals surface area contributed by atoms with Crippen LogP contribution < -0.4 is 4.74 Å². The van der Waals surface area contributed by atoms with Gasteiger partial charge in [-0.05, 0) is 42.0 Å². The van der Waals surface area contributed by atoms with E-state index in [0.717, 1.165) is 11.1 Å². The van der Waals surface area contributed by atoms with Crippen molar-refractivity contribution in [3.05, 3.63) is 65.7 Å². The van der Waals surface area contributed by atoms with E-state index in [-0.39, 0.29) is 28.5 Å². The quantitative estimate of drug-likeness (QED) is 0.642. The number of carbonyl (C=O) groups excluding carboxylic acids is 1. The topological polar surface area (TPSA) is 62.1 Å². The third kappa shape index (κ3) is 4.08. The molecule has 0 spiro atoms. The first-order chi connectivity index (χ1) is 16.0. The molecular weight excluding hydrogens is 445 g/mol. The lowest BCUT2D eigenvalue weighted by Crippen LogP contribution is -2.62. The predicted molar refractivity (Wildman–Crippen MR) is 122 cm³/mol. The molecule has 3 atom stereocenters. The summed E-state index contributed by atoms with van der Waals surface area (Å²) in [6.45, 7) is 5.28. The first-order valence-corrected chi connectivity index (χ1v) is 11.5. The molecule has 2 aliphatic rings. The largest absolute Gasteiger partial charge is 0.484 e. The molecule has 1 aliphatic carbocycles. The van der Waals surface area contributed by atoms with Gasteiger partial charge >= 0.3 is 6.18 Å². The average Bonchev–Trinajstić information content (AvgIpc) is 3.13. The molecule has 0 bridgehead atoms. The fraction of sp³-hybridized carbons (Fsp3) is 0.462. The van der Waals surface area contributed by atoms with Gasteiger partial charge < -0.3 is 9.84 Å². The summed E-state index contributed by atoms with van der Waals surface area (Å²) in [5.41, 5.74) is -1.23. The van der Waals surface area contributed by atoms with Crippen molar-refractivity contribution in [1.82, 2.24) is 5.01 Å². The predicted octanol–water partition coefficient (Wildman–Crippen LogP) is 5.28.